The molecule has 2 aliphatic rings. The zero-order chi connectivity index (χ0) is 13.9. The molecule has 0 radical (unpaired) electrons. The maximum Gasteiger partial charge on any atom is 0.322 e. The predicted octanol–water partition coefficient (Wildman–Crippen LogP) is 2.57. The molecule has 20 heavy (non-hydrogen) atoms. The average molecular weight is 277 g/mol. The second-order valence-electron chi connectivity index (χ2n) is 5.52. The highest BCUT2D eigenvalue weighted by molar-refractivity contribution is 5.89. The number of likely N-dealkylation sites (tertiary alicyclic amines) is 1. The van der Waals surface area contributed by atoms with Crippen LogP contribution in [0.4, 0.5) is 14.9 Å². The lowest BCUT2D eigenvalue weighted by molar-refractivity contribution is 0.195. The zero-order valence-corrected chi connectivity index (χ0v) is 11.4. The molecule has 0 aromatic heterocycles. The topological polar surface area (TPSA) is 44.4 Å². The number of benzene rings is 1. The SMILES string of the molecule is O=C(Nc1ccccc1F)N1CCCC1C1CCCN1. The summed E-state index contributed by atoms with van der Waals surface area (Å²) in [4.78, 5) is 14.2. The van der Waals surface area contributed by atoms with Crippen molar-refractivity contribution in [2.45, 2.75) is 37.8 Å². The van der Waals surface area contributed by atoms with Crippen molar-refractivity contribution in [3.8, 4) is 0 Å². The van der Waals surface area contributed by atoms with Crippen molar-refractivity contribution in [3.05, 3.63) is 30.1 Å². The fraction of sp³-hybridized carbons (Fsp3) is 0.533. The van der Waals surface area contributed by atoms with E-state index < -0.39 is 5.82 Å². The van der Waals surface area contributed by atoms with Gasteiger partial charge in [0.25, 0.3) is 0 Å². The summed E-state index contributed by atoms with van der Waals surface area (Å²) in [6.07, 6.45) is 4.34. The summed E-state index contributed by atoms with van der Waals surface area (Å²) in [7, 11) is 0. The van der Waals surface area contributed by atoms with Crippen molar-refractivity contribution < 1.29 is 9.18 Å². The summed E-state index contributed by atoms with van der Waals surface area (Å²) in [5, 5.41) is 6.15. The summed E-state index contributed by atoms with van der Waals surface area (Å²) in [5.74, 6) is -0.393. The molecule has 0 bridgehead atoms. The van der Waals surface area contributed by atoms with Gasteiger partial charge < -0.3 is 15.5 Å². The number of nitrogens with zero attached hydrogens (tertiary/aromatic N) is 1. The van der Waals surface area contributed by atoms with E-state index in [9.17, 15) is 9.18 Å². The summed E-state index contributed by atoms with van der Waals surface area (Å²) in [6.45, 7) is 1.78. The van der Waals surface area contributed by atoms with Gasteiger partial charge in [-0.15, -0.1) is 0 Å². The van der Waals surface area contributed by atoms with Crippen LogP contribution in [0.15, 0.2) is 24.3 Å². The molecule has 2 N–H and O–H groups in total. The Bertz CT molecular complexity index is 488. The highest BCUT2D eigenvalue weighted by Gasteiger charge is 2.35. The van der Waals surface area contributed by atoms with Crippen molar-refractivity contribution in [2.75, 3.05) is 18.4 Å². The van der Waals surface area contributed by atoms with Gasteiger partial charge in [0.1, 0.15) is 5.82 Å². The van der Waals surface area contributed by atoms with E-state index in [2.05, 4.69) is 10.6 Å². The molecule has 2 aliphatic heterocycles. The molecule has 2 saturated heterocycles. The van der Waals surface area contributed by atoms with E-state index in [1.807, 2.05) is 4.90 Å². The predicted molar refractivity (Wildman–Crippen MR) is 76.2 cm³/mol. The smallest absolute Gasteiger partial charge is 0.320 e. The number of urea groups is 1. The number of rotatable bonds is 2. The summed E-state index contributed by atoms with van der Waals surface area (Å²) in [6, 6.07) is 6.73. The van der Waals surface area contributed by atoms with Crippen LogP contribution in [-0.2, 0) is 0 Å². The molecule has 2 unspecified atom stereocenters. The number of hydrogen-bond acceptors (Lipinski definition) is 2. The molecule has 2 atom stereocenters. The molecular weight excluding hydrogens is 257 g/mol. The van der Waals surface area contributed by atoms with Crippen molar-refractivity contribution in [1.29, 1.82) is 0 Å². The Labute approximate surface area is 118 Å². The van der Waals surface area contributed by atoms with Crippen LogP contribution in [0.1, 0.15) is 25.7 Å². The Hall–Kier alpha value is -1.62. The highest BCUT2D eigenvalue weighted by Crippen LogP contribution is 2.26. The van der Waals surface area contributed by atoms with E-state index in [1.54, 1.807) is 18.2 Å². The van der Waals surface area contributed by atoms with Gasteiger partial charge in [0.2, 0.25) is 0 Å². The van der Waals surface area contributed by atoms with Gasteiger partial charge in [-0.2, -0.15) is 0 Å². The van der Waals surface area contributed by atoms with E-state index in [1.165, 1.54) is 12.5 Å². The molecule has 2 fully saturated rings. The van der Waals surface area contributed by atoms with Crippen LogP contribution in [0.5, 0.6) is 0 Å². The number of amides is 2. The van der Waals surface area contributed by atoms with Crippen LogP contribution in [0, 0.1) is 5.82 Å². The van der Waals surface area contributed by atoms with E-state index in [4.69, 9.17) is 0 Å². The Kier molecular flexibility index (Phi) is 3.87. The standard InChI is InChI=1S/C15H20FN3O/c16-11-5-1-2-6-12(11)18-15(20)19-10-4-8-14(19)13-7-3-9-17-13/h1-2,5-6,13-14,17H,3-4,7-10H2,(H,18,20). The third-order valence-electron chi connectivity index (χ3n) is 4.24. The molecule has 0 aliphatic carbocycles. The van der Waals surface area contributed by atoms with Crippen molar-refractivity contribution in [3.63, 3.8) is 0 Å². The molecule has 108 valence electrons. The number of nitrogens with one attached hydrogen (secondary N) is 2. The first kappa shape index (κ1) is 13.4. The molecule has 5 heteroatoms. The number of anilines is 1. The average Bonchev–Trinajstić information content (AvgIpc) is 3.11. The Morgan fingerprint density at radius 2 is 2.15 bits per heavy atom. The maximum absolute atomic E-state index is 13.6. The monoisotopic (exact) mass is 277 g/mol. The number of halogens is 1. The number of hydrogen-bond donors (Lipinski definition) is 2. The first-order valence-electron chi connectivity index (χ1n) is 7.31. The van der Waals surface area contributed by atoms with Gasteiger partial charge in [0, 0.05) is 18.6 Å². The largest absolute Gasteiger partial charge is 0.322 e. The lowest BCUT2D eigenvalue weighted by Gasteiger charge is -2.29. The zero-order valence-electron chi connectivity index (χ0n) is 11.4. The lowest BCUT2D eigenvalue weighted by atomic mass is 10.0. The van der Waals surface area contributed by atoms with Crippen LogP contribution in [0.3, 0.4) is 0 Å². The first-order valence-corrected chi connectivity index (χ1v) is 7.31. The van der Waals surface area contributed by atoms with Gasteiger partial charge in [-0.3, -0.25) is 0 Å². The van der Waals surface area contributed by atoms with Gasteiger partial charge in [-0.25, -0.2) is 9.18 Å². The molecule has 2 amide bonds. The van der Waals surface area contributed by atoms with Gasteiger partial charge >= 0.3 is 6.03 Å². The fourth-order valence-electron chi connectivity index (χ4n) is 3.25. The van der Waals surface area contributed by atoms with Crippen molar-refractivity contribution in [2.24, 2.45) is 0 Å². The van der Waals surface area contributed by atoms with Gasteiger partial charge in [-0.05, 0) is 44.4 Å². The van der Waals surface area contributed by atoms with E-state index in [0.717, 1.165) is 32.4 Å². The summed E-state index contributed by atoms with van der Waals surface area (Å²) in [5.41, 5.74) is 0.252. The molecule has 1 aromatic rings. The number of carbonyl (C=O) groups excluding carboxylic acids is 1. The van der Waals surface area contributed by atoms with E-state index in [0.29, 0.717) is 6.04 Å². The summed E-state index contributed by atoms with van der Waals surface area (Å²) >= 11 is 0. The van der Waals surface area contributed by atoms with E-state index in [-0.39, 0.29) is 17.8 Å². The minimum absolute atomic E-state index is 0.189. The van der Waals surface area contributed by atoms with Gasteiger partial charge in [-0.1, -0.05) is 12.1 Å². The van der Waals surface area contributed by atoms with Crippen LogP contribution in [-0.4, -0.2) is 36.1 Å². The minimum atomic E-state index is -0.393. The van der Waals surface area contributed by atoms with Crippen molar-refractivity contribution in [1.82, 2.24) is 10.2 Å². The van der Waals surface area contributed by atoms with Crippen LogP contribution in [0.25, 0.3) is 0 Å². The molecule has 4 nitrogen and oxygen atoms in total. The van der Waals surface area contributed by atoms with Crippen LogP contribution >= 0.6 is 0 Å². The van der Waals surface area contributed by atoms with E-state index >= 15 is 0 Å². The maximum atomic E-state index is 13.6. The molecule has 2 heterocycles. The fourth-order valence-corrected chi connectivity index (χ4v) is 3.25. The van der Waals surface area contributed by atoms with Gasteiger partial charge in [0.05, 0.1) is 5.69 Å². The highest BCUT2D eigenvalue weighted by atomic mass is 19.1. The number of para-hydroxylation sites is 1. The Morgan fingerprint density at radius 3 is 2.90 bits per heavy atom. The minimum Gasteiger partial charge on any atom is -0.320 e. The van der Waals surface area contributed by atoms with Crippen LogP contribution < -0.4 is 10.6 Å². The molecule has 0 spiro atoms. The molecule has 0 saturated carbocycles. The van der Waals surface area contributed by atoms with Crippen molar-refractivity contribution >= 4 is 11.7 Å². The second kappa shape index (κ2) is 5.79. The second-order valence-corrected chi connectivity index (χ2v) is 5.52. The quantitative estimate of drug-likeness (QED) is 0.872. The Balaban J connectivity index is 1.68. The molecular formula is C15H20FN3O. The van der Waals surface area contributed by atoms with Crippen LogP contribution in [0.2, 0.25) is 0 Å². The first-order chi connectivity index (χ1) is 9.75. The Morgan fingerprint density at radius 1 is 1.30 bits per heavy atom. The third-order valence-corrected chi connectivity index (χ3v) is 4.24. The lowest BCUT2D eigenvalue weighted by Crippen LogP contribution is -2.48. The normalized spacial score (nSPS) is 25.9. The number of carbonyl (C=O) groups is 1. The molecule has 1 aromatic carbocycles. The third kappa shape index (κ3) is 2.63. The molecule has 3 rings (SSSR count). The van der Waals surface area contributed by atoms with Gasteiger partial charge in [0.15, 0.2) is 0 Å². The summed E-state index contributed by atoms with van der Waals surface area (Å²) < 4.78 is 13.6.